The average molecular weight is 377 g/mol. The number of H-pyrrole nitrogens is 1. The van der Waals surface area contributed by atoms with Gasteiger partial charge in [0.05, 0.1) is 12.0 Å². The van der Waals surface area contributed by atoms with Crippen molar-refractivity contribution in [2.75, 3.05) is 7.11 Å². The summed E-state index contributed by atoms with van der Waals surface area (Å²) in [5.74, 6) is 0.666. The van der Waals surface area contributed by atoms with E-state index in [9.17, 15) is 13.2 Å². The molecule has 0 saturated carbocycles. The van der Waals surface area contributed by atoms with Crippen molar-refractivity contribution >= 4 is 21.4 Å². The van der Waals surface area contributed by atoms with Crippen LogP contribution in [0, 0.1) is 0 Å². The van der Waals surface area contributed by atoms with Crippen LogP contribution in [0.3, 0.4) is 0 Å². The number of rotatable bonds is 6. The predicted molar refractivity (Wildman–Crippen MR) is 95.2 cm³/mol. The van der Waals surface area contributed by atoms with Gasteiger partial charge in [-0.05, 0) is 35.9 Å². The third-order valence-electron chi connectivity index (χ3n) is 3.38. The second-order valence-corrected chi connectivity index (χ2v) is 8.18. The summed E-state index contributed by atoms with van der Waals surface area (Å²) in [4.78, 5) is 11.7. The van der Waals surface area contributed by atoms with E-state index in [1.165, 1.54) is 12.1 Å². The molecule has 0 aliphatic rings. The van der Waals surface area contributed by atoms with Gasteiger partial charge in [0.2, 0.25) is 10.0 Å². The monoisotopic (exact) mass is 377 g/mol. The van der Waals surface area contributed by atoms with Gasteiger partial charge >= 0.3 is 0 Å². The van der Waals surface area contributed by atoms with E-state index in [1.807, 2.05) is 6.07 Å². The lowest BCUT2D eigenvalue weighted by atomic mass is 10.2. The van der Waals surface area contributed by atoms with Crippen molar-refractivity contribution in [3.8, 4) is 16.3 Å². The molecule has 0 unspecified atom stereocenters. The molecule has 2 aromatic heterocycles. The van der Waals surface area contributed by atoms with E-state index in [-0.39, 0.29) is 16.3 Å². The summed E-state index contributed by atoms with van der Waals surface area (Å²) in [5, 5.41) is 6.23. The molecule has 25 heavy (non-hydrogen) atoms. The summed E-state index contributed by atoms with van der Waals surface area (Å²) in [5.41, 5.74) is 0.994. The van der Waals surface area contributed by atoms with E-state index in [1.54, 1.807) is 37.4 Å². The van der Waals surface area contributed by atoms with Gasteiger partial charge in [0.15, 0.2) is 0 Å². The Morgan fingerprint density at radius 2 is 2.04 bits per heavy atom. The molecule has 2 heterocycles. The first-order valence-corrected chi connectivity index (χ1v) is 9.56. The number of aromatic nitrogens is 2. The number of nitrogens with one attached hydrogen (secondary N) is 2. The Hall–Kier alpha value is -2.49. The Morgan fingerprint density at radius 3 is 2.76 bits per heavy atom. The largest absolute Gasteiger partial charge is 0.497 e. The first-order chi connectivity index (χ1) is 12.0. The molecule has 9 heteroatoms. The van der Waals surface area contributed by atoms with Gasteiger partial charge in [-0.3, -0.25) is 4.79 Å². The number of thiophene rings is 1. The van der Waals surface area contributed by atoms with Gasteiger partial charge in [-0.15, -0.1) is 11.3 Å². The zero-order valence-electron chi connectivity index (χ0n) is 13.2. The quantitative estimate of drug-likeness (QED) is 0.684. The number of hydrogen-bond donors (Lipinski definition) is 2. The van der Waals surface area contributed by atoms with Crippen molar-refractivity contribution < 1.29 is 13.2 Å². The van der Waals surface area contributed by atoms with Gasteiger partial charge in [-0.2, -0.15) is 5.10 Å². The summed E-state index contributed by atoms with van der Waals surface area (Å²) in [7, 11) is -2.09. The van der Waals surface area contributed by atoms with Crippen LogP contribution in [0.25, 0.3) is 10.6 Å². The van der Waals surface area contributed by atoms with Gasteiger partial charge in [0.1, 0.15) is 15.7 Å². The lowest BCUT2D eigenvalue weighted by Crippen LogP contribution is -2.22. The molecular weight excluding hydrogens is 362 g/mol. The van der Waals surface area contributed by atoms with Crippen LogP contribution in [0.2, 0.25) is 0 Å². The molecular formula is C16H15N3O4S2. The third kappa shape index (κ3) is 4.13. The summed E-state index contributed by atoms with van der Waals surface area (Å²) in [6.07, 6.45) is 0. The van der Waals surface area contributed by atoms with Crippen molar-refractivity contribution in [2.24, 2.45) is 0 Å². The topological polar surface area (TPSA) is 101 Å². The molecule has 3 aromatic rings. The number of aromatic amines is 1. The van der Waals surface area contributed by atoms with Crippen LogP contribution in [-0.2, 0) is 16.6 Å². The lowest BCUT2D eigenvalue weighted by molar-refractivity contribution is 0.414. The van der Waals surface area contributed by atoms with Crippen LogP contribution < -0.4 is 15.0 Å². The Balaban J connectivity index is 1.76. The lowest BCUT2D eigenvalue weighted by Gasteiger charge is -2.06. The Morgan fingerprint density at radius 1 is 1.20 bits per heavy atom. The van der Waals surface area contributed by atoms with Crippen molar-refractivity contribution in [3.63, 3.8) is 0 Å². The van der Waals surface area contributed by atoms with Crippen LogP contribution >= 0.6 is 11.3 Å². The molecule has 0 radical (unpaired) electrons. The SMILES string of the molecule is COc1cccc(CNS(=O)(=O)c2ccc(-c3ccc(=O)[nH]n3)s2)c1. The average Bonchev–Trinajstić information content (AvgIpc) is 3.12. The summed E-state index contributed by atoms with van der Waals surface area (Å²) in [6, 6.07) is 13.2. The minimum Gasteiger partial charge on any atom is -0.497 e. The maximum atomic E-state index is 12.4. The van der Waals surface area contributed by atoms with E-state index >= 15 is 0 Å². The first-order valence-electron chi connectivity index (χ1n) is 7.26. The zero-order chi connectivity index (χ0) is 17.9. The predicted octanol–water partition coefficient (Wildman–Crippen LogP) is 1.99. The molecule has 0 bridgehead atoms. The van der Waals surface area contributed by atoms with Gasteiger partial charge in [0.25, 0.3) is 5.56 Å². The van der Waals surface area contributed by atoms with Crippen LogP contribution in [0.5, 0.6) is 5.75 Å². The second kappa shape index (κ2) is 7.18. The van der Waals surface area contributed by atoms with Crippen molar-refractivity contribution in [2.45, 2.75) is 10.8 Å². The summed E-state index contributed by atoms with van der Waals surface area (Å²) in [6.45, 7) is 0.156. The maximum Gasteiger partial charge on any atom is 0.264 e. The van der Waals surface area contributed by atoms with Crippen molar-refractivity contribution in [1.82, 2.24) is 14.9 Å². The maximum absolute atomic E-state index is 12.4. The van der Waals surface area contributed by atoms with Gasteiger partial charge in [-0.1, -0.05) is 12.1 Å². The zero-order valence-corrected chi connectivity index (χ0v) is 14.9. The molecule has 0 atom stereocenters. The Kier molecular flexibility index (Phi) is 4.98. The van der Waals surface area contributed by atoms with Crippen LogP contribution in [0.15, 0.2) is 57.5 Å². The molecule has 0 spiro atoms. The molecule has 0 aliphatic carbocycles. The van der Waals surface area contributed by atoms with Gasteiger partial charge in [-0.25, -0.2) is 18.2 Å². The van der Waals surface area contributed by atoms with Crippen molar-refractivity contribution in [1.29, 1.82) is 0 Å². The van der Waals surface area contributed by atoms with Crippen LogP contribution in [-0.4, -0.2) is 25.7 Å². The second-order valence-electron chi connectivity index (χ2n) is 5.10. The fourth-order valence-electron chi connectivity index (χ4n) is 2.12. The van der Waals surface area contributed by atoms with E-state index in [0.29, 0.717) is 16.3 Å². The first kappa shape index (κ1) is 17.3. The number of benzene rings is 1. The van der Waals surface area contributed by atoms with E-state index in [0.717, 1.165) is 16.9 Å². The van der Waals surface area contributed by atoms with Crippen molar-refractivity contribution in [3.05, 3.63) is 64.4 Å². The minimum atomic E-state index is -3.65. The summed E-state index contributed by atoms with van der Waals surface area (Å²) < 4.78 is 32.8. The highest BCUT2D eigenvalue weighted by atomic mass is 32.2. The van der Waals surface area contributed by atoms with Crippen LogP contribution in [0.1, 0.15) is 5.56 Å². The van der Waals surface area contributed by atoms with E-state index < -0.39 is 10.0 Å². The third-order valence-corrected chi connectivity index (χ3v) is 6.38. The highest BCUT2D eigenvalue weighted by Crippen LogP contribution is 2.28. The number of methoxy groups -OCH3 is 1. The molecule has 0 saturated heterocycles. The smallest absolute Gasteiger partial charge is 0.264 e. The molecule has 0 amide bonds. The van der Waals surface area contributed by atoms with Gasteiger partial charge < -0.3 is 4.74 Å². The summed E-state index contributed by atoms with van der Waals surface area (Å²) >= 11 is 1.08. The fourth-order valence-corrected chi connectivity index (χ4v) is 4.45. The highest BCUT2D eigenvalue weighted by Gasteiger charge is 2.17. The Labute approximate surface area is 148 Å². The molecule has 0 aliphatic heterocycles. The highest BCUT2D eigenvalue weighted by molar-refractivity contribution is 7.91. The molecule has 0 fully saturated rings. The molecule has 7 nitrogen and oxygen atoms in total. The molecule has 130 valence electrons. The number of nitrogens with zero attached hydrogens (tertiary/aromatic N) is 1. The fraction of sp³-hybridized carbons (Fsp3) is 0.125. The minimum absolute atomic E-state index is 0.156. The normalized spacial score (nSPS) is 11.4. The van der Waals surface area contributed by atoms with E-state index in [2.05, 4.69) is 14.9 Å². The molecule has 3 rings (SSSR count). The standard InChI is InChI=1S/C16H15N3O4S2/c1-23-12-4-2-3-11(9-12)10-17-25(21,22)16-8-6-14(24-16)13-5-7-15(20)19-18-13/h2-9,17H,10H2,1H3,(H,19,20). The van der Waals surface area contributed by atoms with Crippen LogP contribution in [0.4, 0.5) is 0 Å². The van der Waals surface area contributed by atoms with E-state index in [4.69, 9.17) is 4.74 Å². The molecule has 1 aromatic carbocycles. The van der Waals surface area contributed by atoms with Gasteiger partial charge in [0, 0.05) is 12.6 Å². The number of hydrogen-bond acceptors (Lipinski definition) is 6. The number of ether oxygens (including phenoxy) is 1. The number of sulfonamides is 1. The molecule has 2 N–H and O–H groups in total. The Bertz CT molecular complexity index is 1020.